The highest BCUT2D eigenvalue weighted by molar-refractivity contribution is 5.72. The maximum Gasteiger partial charge on any atom is 0.314 e. The van der Waals surface area contributed by atoms with Crippen LogP contribution in [-0.2, 0) is 0 Å². The van der Waals surface area contributed by atoms with Crippen molar-refractivity contribution in [2.24, 2.45) is 23.5 Å². The molecular formula is C14H25N3O. The van der Waals surface area contributed by atoms with Crippen LogP contribution in [-0.4, -0.2) is 36.6 Å². The molecule has 1 saturated heterocycles. The van der Waals surface area contributed by atoms with Crippen LogP contribution in [0.2, 0.25) is 0 Å². The van der Waals surface area contributed by atoms with Crippen LogP contribution in [0.25, 0.3) is 0 Å². The minimum absolute atomic E-state index is 0.262. The van der Waals surface area contributed by atoms with E-state index in [1.54, 1.807) is 4.90 Å². The fourth-order valence-electron chi connectivity index (χ4n) is 3.37. The molecule has 0 aromatic heterocycles. The van der Waals surface area contributed by atoms with Crippen molar-refractivity contribution in [1.82, 2.24) is 10.2 Å². The van der Waals surface area contributed by atoms with Gasteiger partial charge in [-0.05, 0) is 62.8 Å². The van der Waals surface area contributed by atoms with Crippen LogP contribution >= 0.6 is 0 Å². The zero-order valence-electron chi connectivity index (χ0n) is 11.1. The van der Waals surface area contributed by atoms with Gasteiger partial charge in [0.05, 0.1) is 0 Å². The van der Waals surface area contributed by atoms with Gasteiger partial charge in [0, 0.05) is 19.1 Å². The molecule has 1 heterocycles. The molecule has 3 N–H and O–H groups in total. The third-order valence-electron chi connectivity index (χ3n) is 4.90. The smallest absolute Gasteiger partial charge is 0.314 e. The lowest BCUT2D eigenvalue weighted by molar-refractivity contribution is 0.183. The number of piperidine rings is 1. The van der Waals surface area contributed by atoms with Gasteiger partial charge in [-0.25, -0.2) is 4.79 Å². The molecule has 4 nitrogen and oxygen atoms in total. The number of carbonyl (C=O) groups excluding carboxylic acids is 1. The number of likely N-dealkylation sites (tertiary alicyclic amines) is 1. The monoisotopic (exact) mass is 251 g/mol. The molecule has 102 valence electrons. The molecule has 2 saturated carbocycles. The Labute approximate surface area is 109 Å². The zero-order chi connectivity index (χ0) is 12.5. The summed E-state index contributed by atoms with van der Waals surface area (Å²) in [4.78, 5) is 12.8. The Morgan fingerprint density at radius 3 is 2.11 bits per heavy atom. The van der Waals surface area contributed by atoms with Gasteiger partial charge in [-0.15, -0.1) is 0 Å². The van der Waals surface area contributed by atoms with Gasteiger partial charge in [0.2, 0.25) is 0 Å². The molecule has 0 atom stereocenters. The van der Waals surface area contributed by atoms with Gasteiger partial charge in [-0.3, -0.25) is 0 Å². The molecule has 4 heteroatoms. The van der Waals surface area contributed by atoms with E-state index >= 15 is 0 Å². The van der Waals surface area contributed by atoms with Crippen LogP contribution in [0.3, 0.4) is 0 Å². The summed E-state index contributed by atoms with van der Waals surface area (Å²) >= 11 is 0. The number of nitrogens with zero attached hydrogens (tertiary/aromatic N) is 1. The number of primary amides is 1. The first kappa shape index (κ1) is 12.3. The van der Waals surface area contributed by atoms with Crippen LogP contribution in [0.15, 0.2) is 0 Å². The van der Waals surface area contributed by atoms with Gasteiger partial charge in [0.25, 0.3) is 0 Å². The van der Waals surface area contributed by atoms with Crippen molar-refractivity contribution in [2.45, 2.75) is 44.6 Å². The van der Waals surface area contributed by atoms with Crippen LogP contribution in [0, 0.1) is 17.8 Å². The van der Waals surface area contributed by atoms with E-state index < -0.39 is 0 Å². The number of carbonyl (C=O) groups is 1. The van der Waals surface area contributed by atoms with Gasteiger partial charge in [-0.1, -0.05) is 0 Å². The quantitative estimate of drug-likeness (QED) is 0.779. The molecule has 0 aromatic rings. The third-order valence-corrected chi connectivity index (χ3v) is 4.90. The third kappa shape index (κ3) is 2.97. The summed E-state index contributed by atoms with van der Waals surface area (Å²) in [5.74, 6) is 2.99. The normalized spacial score (nSPS) is 25.7. The summed E-state index contributed by atoms with van der Waals surface area (Å²) in [6, 6.07) is 0.336. The molecule has 0 bridgehead atoms. The average molecular weight is 251 g/mol. The van der Waals surface area contributed by atoms with Gasteiger partial charge in [0.1, 0.15) is 0 Å². The molecule has 18 heavy (non-hydrogen) atoms. The summed E-state index contributed by atoms with van der Waals surface area (Å²) in [7, 11) is 0. The van der Waals surface area contributed by atoms with E-state index in [0.29, 0.717) is 6.04 Å². The number of urea groups is 1. The number of rotatable bonds is 5. The number of hydrogen-bond acceptors (Lipinski definition) is 2. The molecule has 3 aliphatic rings. The summed E-state index contributed by atoms with van der Waals surface area (Å²) in [6.07, 6.45) is 7.97. The van der Waals surface area contributed by atoms with Crippen LogP contribution in [0.4, 0.5) is 4.79 Å². The molecule has 3 fully saturated rings. The highest BCUT2D eigenvalue weighted by Gasteiger charge is 2.41. The lowest BCUT2D eigenvalue weighted by Gasteiger charge is -2.32. The Kier molecular flexibility index (Phi) is 3.46. The average Bonchev–Trinajstić information content (AvgIpc) is 3.24. The van der Waals surface area contributed by atoms with E-state index in [1.807, 2.05) is 0 Å². The zero-order valence-corrected chi connectivity index (χ0v) is 11.1. The SMILES string of the molecule is NC(=O)N1CCC(NCC(C2CC2)C2CC2)CC1. The molecule has 0 radical (unpaired) electrons. The van der Waals surface area contributed by atoms with Gasteiger partial charge < -0.3 is 16.0 Å². The molecule has 0 spiro atoms. The summed E-state index contributed by atoms with van der Waals surface area (Å²) in [5, 5.41) is 3.75. The Balaban J connectivity index is 1.39. The van der Waals surface area contributed by atoms with E-state index in [4.69, 9.17) is 5.73 Å². The predicted molar refractivity (Wildman–Crippen MR) is 71.1 cm³/mol. The molecule has 2 amide bonds. The Bertz CT molecular complexity index is 292. The maximum atomic E-state index is 11.1. The van der Waals surface area contributed by atoms with Crippen molar-refractivity contribution in [3.05, 3.63) is 0 Å². The summed E-state index contributed by atoms with van der Waals surface area (Å²) in [5.41, 5.74) is 5.30. The predicted octanol–water partition coefficient (Wildman–Crippen LogP) is 1.56. The van der Waals surface area contributed by atoms with E-state index in [9.17, 15) is 4.79 Å². The largest absolute Gasteiger partial charge is 0.351 e. The van der Waals surface area contributed by atoms with Gasteiger partial charge in [0.15, 0.2) is 0 Å². The summed E-state index contributed by atoms with van der Waals surface area (Å²) in [6.45, 7) is 2.85. The van der Waals surface area contributed by atoms with Crippen LogP contribution in [0.5, 0.6) is 0 Å². The Morgan fingerprint density at radius 2 is 1.67 bits per heavy atom. The van der Waals surface area contributed by atoms with E-state index in [-0.39, 0.29) is 6.03 Å². The van der Waals surface area contributed by atoms with Crippen LogP contribution in [0.1, 0.15) is 38.5 Å². The highest BCUT2D eigenvalue weighted by atomic mass is 16.2. The first-order chi connectivity index (χ1) is 8.74. The molecule has 2 aliphatic carbocycles. The topological polar surface area (TPSA) is 58.4 Å². The second kappa shape index (κ2) is 5.08. The Hall–Kier alpha value is -0.770. The number of nitrogens with one attached hydrogen (secondary N) is 1. The van der Waals surface area contributed by atoms with Crippen molar-refractivity contribution in [1.29, 1.82) is 0 Å². The second-order valence-electron chi connectivity index (χ2n) is 6.35. The lowest BCUT2D eigenvalue weighted by Crippen LogP contribution is -2.47. The minimum Gasteiger partial charge on any atom is -0.351 e. The minimum atomic E-state index is -0.262. The maximum absolute atomic E-state index is 11.1. The van der Waals surface area contributed by atoms with E-state index in [2.05, 4.69) is 5.32 Å². The van der Waals surface area contributed by atoms with Gasteiger partial charge >= 0.3 is 6.03 Å². The van der Waals surface area contributed by atoms with Crippen molar-refractivity contribution in [3.63, 3.8) is 0 Å². The molecular weight excluding hydrogens is 226 g/mol. The molecule has 3 rings (SSSR count). The van der Waals surface area contributed by atoms with E-state index in [0.717, 1.165) is 43.7 Å². The van der Waals surface area contributed by atoms with Crippen LogP contribution < -0.4 is 11.1 Å². The second-order valence-corrected chi connectivity index (χ2v) is 6.35. The summed E-state index contributed by atoms with van der Waals surface area (Å²) < 4.78 is 0. The van der Waals surface area contributed by atoms with Crippen molar-refractivity contribution in [2.75, 3.05) is 19.6 Å². The number of hydrogen-bond donors (Lipinski definition) is 2. The number of nitrogens with two attached hydrogens (primary N) is 1. The van der Waals surface area contributed by atoms with Crippen molar-refractivity contribution in [3.8, 4) is 0 Å². The molecule has 0 aromatic carbocycles. The van der Waals surface area contributed by atoms with E-state index in [1.165, 1.54) is 32.2 Å². The number of amides is 2. The first-order valence-electron chi connectivity index (χ1n) is 7.52. The molecule has 0 unspecified atom stereocenters. The molecule has 1 aliphatic heterocycles. The Morgan fingerprint density at radius 1 is 1.11 bits per heavy atom. The standard InChI is InChI=1S/C14H25N3O/c15-14(18)17-7-5-12(6-8-17)16-9-13(10-1-2-10)11-3-4-11/h10-13,16H,1-9H2,(H2,15,18). The fourth-order valence-corrected chi connectivity index (χ4v) is 3.37. The highest BCUT2D eigenvalue weighted by Crippen LogP contribution is 2.48. The van der Waals surface area contributed by atoms with Gasteiger partial charge in [-0.2, -0.15) is 0 Å². The van der Waals surface area contributed by atoms with Crippen molar-refractivity contribution >= 4 is 6.03 Å². The fraction of sp³-hybridized carbons (Fsp3) is 0.929. The lowest BCUT2D eigenvalue weighted by atomic mass is 9.96. The van der Waals surface area contributed by atoms with Crippen molar-refractivity contribution < 1.29 is 4.79 Å². The first-order valence-corrected chi connectivity index (χ1v) is 7.52.